The van der Waals surface area contributed by atoms with Gasteiger partial charge >= 0.3 is 0 Å². The standard InChI is InChI=1S/C35H32Cl2N4/c1-41(19-17-24-7-3-2-4-8-24)20-18-25-11-14-28(15-12-25)39-35-38-23-27-21-31(26-13-16-32(36)33(37)22-26)29-9-5-6-10-30(29)34(27)40-35/h2-16,22-23,31H,17-21H2,1H3,(H,38,39,40)/t31-/m0/s1. The van der Waals surface area contributed by atoms with Gasteiger partial charge in [-0.1, -0.05) is 96.0 Å². The molecule has 5 aromatic rings. The number of likely N-dealkylation sites (N-methyl/N-ethyl adjacent to an activating group) is 1. The van der Waals surface area contributed by atoms with Crippen molar-refractivity contribution in [3.63, 3.8) is 0 Å². The van der Waals surface area contributed by atoms with E-state index in [0.717, 1.165) is 60.4 Å². The zero-order valence-electron chi connectivity index (χ0n) is 23.0. The topological polar surface area (TPSA) is 41.0 Å². The summed E-state index contributed by atoms with van der Waals surface area (Å²) in [6.45, 7) is 2.08. The van der Waals surface area contributed by atoms with E-state index in [4.69, 9.17) is 28.2 Å². The molecule has 41 heavy (non-hydrogen) atoms. The quantitative estimate of drug-likeness (QED) is 0.190. The molecule has 0 saturated heterocycles. The van der Waals surface area contributed by atoms with Crippen molar-refractivity contribution in [3.05, 3.63) is 141 Å². The molecule has 1 aromatic heterocycles. The van der Waals surface area contributed by atoms with E-state index in [0.29, 0.717) is 16.0 Å². The Bertz CT molecular complexity index is 1640. The second kappa shape index (κ2) is 12.4. The molecule has 0 spiro atoms. The summed E-state index contributed by atoms with van der Waals surface area (Å²) in [6, 6.07) is 33.6. The summed E-state index contributed by atoms with van der Waals surface area (Å²) < 4.78 is 0. The molecule has 4 nitrogen and oxygen atoms in total. The van der Waals surface area contributed by atoms with E-state index >= 15 is 0 Å². The number of rotatable bonds is 9. The number of hydrogen-bond donors (Lipinski definition) is 1. The molecule has 1 aliphatic carbocycles. The molecule has 206 valence electrons. The van der Waals surface area contributed by atoms with E-state index in [-0.39, 0.29) is 5.92 Å². The second-order valence-corrected chi connectivity index (χ2v) is 11.5. The van der Waals surface area contributed by atoms with Crippen LogP contribution in [0.5, 0.6) is 0 Å². The molecule has 1 atom stereocenters. The molecule has 1 heterocycles. The normalized spacial score (nSPS) is 14.0. The summed E-state index contributed by atoms with van der Waals surface area (Å²) >= 11 is 12.6. The average molecular weight is 580 g/mol. The van der Waals surface area contributed by atoms with Crippen molar-refractivity contribution < 1.29 is 0 Å². The zero-order chi connectivity index (χ0) is 28.2. The van der Waals surface area contributed by atoms with Crippen LogP contribution in [0.4, 0.5) is 11.6 Å². The fourth-order valence-electron chi connectivity index (χ4n) is 5.50. The van der Waals surface area contributed by atoms with Gasteiger partial charge in [-0.15, -0.1) is 0 Å². The Hall–Kier alpha value is -3.70. The minimum atomic E-state index is 0.167. The van der Waals surface area contributed by atoms with Crippen LogP contribution in [0.3, 0.4) is 0 Å². The maximum atomic E-state index is 6.37. The third-order valence-corrected chi connectivity index (χ3v) is 8.58. The smallest absolute Gasteiger partial charge is 0.227 e. The molecule has 0 unspecified atom stereocenters. The first kappa shape index (κ1) is 27.5. The Morgan fingerprint density at radius 1 is 0.805 bits per heavy atom. The van der Waals surface area contributed by atoms with Crippen molar-refractivity contribution >= 4 is 34.8 Å². The molecule has 0 aliphatic heterocycles. The number of halogens is 2. The van der Waals surface area contributed by atoms with Gasteiger partial charge < -0.3 is 10.2 Å². The van der Waals surface area contributed by atoms with Crippen molar-refractivity contribution in [2.75, 3.05) is 25.5 Å². The van der Waals surface area contributed by atoms with Gasteiger partial charge in [0.2, 0.25) is 5.95 Å². The highest BCUT2D eigenvalue weighted by atomic mass is 35.5. The van der Waals surface area contributed by atoms with Gasteiger partial charge in [0.1, 0.15) is 0 Å². The highest BCUT2D eigenvalue weighted by Crippen LogP contribution is 2.43. The van der Waals surface area contributed by atoms with Crippen molar-refractivity contribution in [2.45, 2.75) is 25.2 Å². The van der Waals surface area contributed by atoms with E-state index in [2.05, 4.69) is 107 Å². The number of nitrogens with zero attached hydrogens (tertiary/aromatic N) is 3. The molecule has 0 bridgehead atoms. The Morgan fingerprint density at radius 3 is 2.27 bits per heavy atom. The van der Waals surface area contributed by atoms with Crippen molar-refractivity contribution in [1.82, 2.24) is 14.9 Å². The van der Waals surface area contributed by atoms with Crippen LogP contribution in [-0.4, -0.2) is 35.0 Å². The van der Waals surface area contributed by atoms with Crippen LogP contribution in [0.1, 0.15) is 33.7 Å². The number of fused-ring (bicyclic) bond motifs is 3. The van der Waals surface area contributed by atoms with Crippen molar-refractivity contribution in [3.8, 4) is 11.3 Å². The monoisotopic (exact) mass is 578 g/mol. The van der Waals surface area contributed by atoms with Crippen LogP contribution >= 0.6 is 23.2 Å². The van der Waals surface area contributed by atoms with E-state index in [1.165, 1.54) is 16.7 Å². The minimum Gasteiger partial charge on any atom is -0.324 e. The first-order valence-electron chi connectivity index (χ1n) is 14.0. The molecule has 0 amide bonds. The molecule has 0 saturated carbocycles. The van der Waals surface area contributed by atoms with Gasteiger partial charge in [0.15, 0.2) is 0 Å². The number of hydrogen-bond acceptors (Lipinski definition) is 4. The van der Waals surface area contributed by atoms with Crippen LogP contribution in [0.15, 0.2) is 103 Å². The van der Waals surface area contributed by atoms with Gasteiger partial charge in [0, 0.05) is 36.5 Å². The molecule has 6 rings (SSSR count). The lowest BCUT2D eigenvalue weighted by molar-refractivity contribution is 0.343. The third-order valence-electron chi connectivity index (χ3n) is 7.84. The maximum Gasteiger partial charge on any atom is 0.227 e. The van der Waals surface area contributed by atoms with E-state index < -0.39 is 0 Å². The van der Waals surface area contributed by atoms with Gasteiger partial charge in [0.25, 0.3) is 0 Å². The molecule has 1 aliphatic rings. The SMILES string of the molecule is CN(CCc1ccccc1)CCc1ccc(Nc2ncc3c(n2)-c2ccccc2[C@H](c2ccc(Cl)c(Cl)c2)C3)cc1. The van der Waals surface area contributed by atoms with E-state index in [1.54, 1.807) is 0 Å². The van der Waals surface area contributed by atoms with E-state index in [1.807, 2.05) is 18.3 Å². The summed E-state index contributed by atoms with van der Waals surface area (Å²) in [5.74, 6) is 0.765. The number of benzene rings is 4. The fraction of sp³-hybridized carbons (Fsp3) is 0.200. The van der Waals surface area contributed by atoms with Crippen LogP contribution in [-0.2, 0) is 19.3 Å². The first-order chi connectivity index (χ1) is 20.0. The van der Waals surface area contributed by atoms with Gasteiger partial charge in [-0.2, -0.15) is 0 Å². The maximum absolute atomic E-state index is 6.37. The van der Waals surface area contributed by atoms with Gasteiger partial charge in [-0.3, -0.25) is 0 Å². The summed E-state index contributed by atoms with van der Waals surface area (Å²) in [5.41, 5.74) is 9.28. The average Bonchev–Trinajstić information content (AvgIpc) is 3.01. The Morgan fingerprint density at radius 2 is 1.51 bits per heavy atom. The third kappa shape index (κ3) is 6.46. The van der Waals surface area contributed by atoms with Crippen LogP contribution in [0, 0.1) is 0 Å². The predicted molar refractivity (Wildman–Crippen MR) is 171 cm³/mol. The minimum absolute atomic E-state index is 0.167. The summed E-state index contributed by atoms with van der Waals surface area (Å²) in [7, 11) is 2.19. The van der Waals surface area contributed by atoms with Crippen molar-refractivity contribution in [1.29, 1.82) is 0 Å². The predicted octanol–water partition coefficient (Wildman–Crippen LogP) is 8.60. The van der Waals surface area contributed by atoms with Crippen molar-refractivity contribution in [2.24, 2.45) is 0 Å². The lowest BCUT2D eigenvalue weighted by atomic mass is 9.78. The Labute approximate surface area is 252 Å². The molecular weight excluding hydrogens is 547 g/mol. The summed E-state index contributed by atoms with van der Waals surface area (Å²) in [4.78, 5) is 12.0. The lowest BCUT2D eigenvalue weighted by Gasteiger charge is -2.27. The molecule has 4 aromatic carbocycles. The molecular formula is C35H32Cl2N4. The summed E-state index contributed by atoms with van der Waals surface area (Å²) in [6.07, 6.45) is 4.84. The fourth-order valence-corrected chi connectivity index (χ4v) is 5.81. The van der Waals surface area contributed by atoms with Gasteiger partial charge in [0.05, 0.1) is 15.7 Å². The molecule has 1 N–H and O–H groups in total. The molecule has 0 fully saturated rings. The Kier molecular flexibility index (Phi) is 8.33. The first-order valence-corrected chi connectivity index (χ1v) is 14.8. The summed E-state index contributed by atoms with van der Waals surface area (Å²) in [5, 5.41) is 4.55. The van der Waals surface area contributed by atoms with Gasteiger partial charge in [-0.25, -0.2) is 9.97 Å². The van der Waals surface area contributed by atoms with Crippen LogP contribution in [0.25, 0.3) is 11.3 Å². The van der Waals surface area contributed by atoms with Crippen LogP contribution in [0.2, 0.25) is 10.0 Å². The Balaban J connectivity index is 1.11. The largest absolute Gasteiger partial charge is 0.324 e. The lowest BCUT2D eigenvalue weighted by Crippen LogP contribution is -2.23. The number of anilines is 2. The highest BCUT2D eigenvalue weighted by molar-refractivity contribution is 6.42. The van der Waals surface area contributed by atoms with E-state index in [9.17, 15) is 0 Å². The highest BCUT2D eigenvalue weighted by Gasteiger charge is 2.27. The second-order valence-electron chi connectivity index (χ2n) is 10.7. The van der Waals surface area contributed by atoms with Crippen LogP contribution < -0.4 is 5.32 Å². The molecule has 0 radical (unpaired) electrons. The number of aromatic nitrogens is 2. The number of nitrogens with one attached hydrogen (secondary N) is 1. The molecule has 6 heteroatoms. The van der Waals surface area contributed by atoms with Gasteiger partial charge in [-0.05, 0) is 78.4 Å². The zero-order valence-corrected chi connectivity index (χ0v) is 24.5.